The number of carbonyl (C=O) groups is 1. The van der Waals surface area contributed by atoms with Crippen molar-refractivity contribution in [1.82, 2.24) is 15.2 Å². The molecule has 0 spiro atoms. The molecular weight excluding hydrogens is 226 g/mol. The van der Waals surface area contributed by atoms with Crippen molar-refractivity contribution in [2.24, 2.45) is 0 Å². The summed E-state index contributed by atoms with van der Waals surface area (Å²) < 4.78 is 5.18. The summed E-state index contributed by atoms with van der Waals surface area (Å²) in [5.41, 5.74) is 0.920. The number of hydrogen-bond acceptors (Lipinski definition) is 4. The smallest absolute Gasteiger partial charge is 0.317 e. The standard InChI is InChI=1S/C10H15N3O2S/c1-8-12-9(7-16-8)6-11-10(14)13-2-4-15-5-3-13/h7H,2-6H2,1H3,(H,11,14). The maximum absolute atomic E-state index is 11.7. The van der Waals surface area contributed by atoms with Gasteiger partial charge in [-0.3, -0.25) is 0 Å². The first-order chi connectivity index (χ1) is 7.75. The second-order valence-electron chi connectivity index (χ2n) is 3.62. The Labute approximate surface area is 98.4 Å². The first kappa shape index (κ1) is 11.3. The summed E-state index contributed by atoms with van der Waals surface area (Å²) in [4.78, 5) is 17.8. The van der Waals surface area contributed by atoms with Crippen LogP contribution in [0.25, 0.3) is 0 Å². The normalized spacial score (nSPS) is 16.2. The van der Waals surface area contributed by atoms with Gasteiger partial charge in [-0.1, -0.05) is 0 Å². The molecule has 0 unspecified atom stereocenters. The van der Waals surface area contributed by atoms with Gasteiger partial charge >= 0.3 is 6.03 Å². The third-order valence-corrected chi connectivity index (χ3v) is 3.21. The zero-order chi connectivity index (χ0) is 11.4. The molecule has 1 fully saturated rings. The van der Waals surface area contributed by atoms with Crippen molar-refractivity contribution in [2.45, 2.75) is 13.5 Å². The van der Waals surface area contributed by atoms with E-state index in [1.807, 2.05) is 12.3 Å². The molecule has 5 nitrogen and oxygen atoms in total. The molecule has 2 rings (SSSR count). The molecule has 0 bridgehead atoms. The van der Waals surface area contributed by atoms with E-state index in [1.54, 1.807) is 16.2 Å². The predicted molar refractivity (Wildman–Crippen MR) is 61.5 cm³/mol. The lowest BCUT2D eigenvalue weighted by Gasteiger charge is -2.26. The van der Waals surface area contributed by atoms with Crippen molar-refractivity contribution in [1.29, 1.82) is 0 Å². The number of amides is 2. The molecule has 1 aromatic heterocycles. The topological polar surface area (TPSA) is 54.5 Å². The maximum atomic E-state index is 11.7. The fourth-order valence-corrected chi connectivity index (χ4v) is 2.15. The van der Waals surface area contributed by atoms with Crippen LogP contribution in [0.3, 0.4) is 0 Å². The zero-order valence-corrected chi connectivity index (χ0v) is 10.0. The van der Waals surface area contributed by atoms with Crippen molar-refractivity contribution < 1.29 is 9.53 Å². The summed E-state index contributed by atoms with van der Waals surface area (Å²) in [6.45, 7) is 5.05. The quantitative estimate of drug-likeness (QED) is 0.840. The van der Waals surface area contributed by atoms with Crippen LogP contribution in [0.2, 0.25) is 0 Å². The molecule has 1 aliphatic rings. The highest BCUT2D eigenvalue weighted by molar-refractivity contribution is 7.09. The van der Waals surface area contributed by atoms with Gasteiger partial charge in [0, 0.05) is 18.5 Å². The van der Waals surface area contributed by atoms with Gasteiger partial charge in [0.25, 0.3) is 0 Å². The number of urea groups is 1. The monoisotopic (exact) mass is 241 g/mol. The van der Waals surface area contributed by atoms with Crippen LogP contribution in [-0.2, 0) is 11.3 Å². The highest BCUT2D eigenvalue weighted by atomic mass is 32.1. The highest BCUT2D eigenvalue weighted by Crippen LogP contribution is 2.07. The van der Waals surface area contributed by atoms with Crippen molar-refractivity contribution in [3.05, 3.63) is 16.1 Å². The molecule has 1 aliphatic heterocycles. The second-order valence-corrected chi connectivity index (χ2v) is 4.68. The van der Waals surface area contributed by atoms with E-state index in [1.165, 1.54) is 0 Å². The number of aryl methyl sites for hydroxylation is 1. The molecule has 2 amide bonds. The summed E-state index contributed by atoms with van der Waals surface area (Å²) in [6, 6.07) is -0.0334. The molecule has 0 atom stereocenters. The first-order valence-electron chi connectivity index (χ1n) is 5.27. The Hall–Kier alpha value is -1.14. The van der Waals surface area contributed by atoms with Crippen molar-refractivity contribution >= 4 is 17.4 Å². The van der Waals surface area contributed by atoms with Crippen LogP contribution in [0.4, 0.5) is 4.79 Å². The lowest BCUT2D eigenvalue weighted by molar-refractivity contribution is 0.0531. The zero-order valence-electron chi connectivity index (χ0n) is 9.23. The molecule has 6 heteroatoms. The van der Waals surface area contributed by atoms with Crippen molar-refractivity contribution in [3.63, 3.8) is 0 Å². The van der Waals surface area contributed by atoms with E-state index in [4.69, 9.17) is 4.74 Å². The molecule has 16 heavy (non-hydrogen) atoms. The van der Waals surface area contributed by atoms with Crippen molar-refractivity contribution in [2.75, 3.05) is 26.3 Å². The van der Waals surface area contributed by atoms with Gasteiger partial charge < -0.3 is 15.0 Å². The molecule has 2 heterocycles. The first-order valence-corrected chi connectivity index (χ1v) is 6.15. The third kappa shape index (κ3) is 2.93. The van der Waals surface area contributed by atoms with E-state index >= 15 is 0 Å². The summed E-state index contributed by atoms with van der Waals surface area (Å²) in [5.74, 6) is 0. The van der Waals surface area contributed by atoms with Crippen molar-refractivity contribution in [3.8, 4) is 0 Å². The number of hydrogen-bond donors (Lipinski definition) is 1. The Morgan fingerprint density at radius 2 is 2.38 bits per heavy atom. The SMILES string of the molecule is Cc1nc(CNC(=O)N2CCOCC2)cs1. The number of ether oxygens (including phenoxy) is 1. The van der Waals surface area contributed by atoms with Crippen LogP contribution < -0.4 is 5.32 Å². The largest absolute Gasteiger partial charge is 0.378 e. The molecule has 88 valence electrons. The average molecular weight is 241 g/mol. The van der Waals surface area contributed by atoms with Gasteiger partial charge in [-0.25, -0.2) is 9.78 Å². The van der Waals surface area contributed by atoms with Crippen LogP contribution in [0.5, 0.6) is 0 Å². The van der Waals surface area contributed by atoms with Crippen LogP contribution in [0.1, 0.15) is 10.7 Å². The van der Waals surface area contributed by atoms with E-state index < -0.39 is 0 Å². The van der Waals surface area contributed by atoms with E-state index in [0.717, 1.165) is 10.7 Å². The third-order valence-electron chi connectivity index (χ3n) is 2.39. The predicted octanol–water partition coefficient (Wildman–Crippen LogP) is 0.993. The van der Waals surface area contributed by atoms with Crippen LogP contribution in [0, 0.1) is 6.92 Å². The summed E-state index contributed by atoms with van der Waals surface area (Å²) in [7, 11) is 0. The Bertz CT molecular complexity index is 361. The lowest BCUT2D eigenvalue weighted by Crippen LogP contribution is -2.45. The summed E-state index contributed by atoms with van der Waals surface area (Å²) in [6.07, 6.45) is 0. The minimum Gasteiger partial charge on any atom is -0.378 e. The van der Waals surface area contributed by atoms with Gasteiger partial charge in [0.1, 0.15) is 0 Å². The van der Waals surface area contributed by atoms with E-state index in [0.29, 0.717) is 32.8 Å². The van der Waals surface area contributed by atoms with E-state index in [-0.39, 0.29) is 6.03 Å². The maximum Gasteiger partial charge on any atom is 0.317 e. The van der Waals surface area contributed by atoms with Gasteiger partial charge in [-0.15, -0.1) is 11.3 Å². The number of morpholine rings is 1. The van der Waals surface area contributed by atoms with Crippen LogP contribution >= 0.6 is 11.3 Å². The highest BCUT2D eigenvalue weighted by Gasteiger charge is 2.16. The number of thiazole rings is 1. The van der Waals surface area contributed by atoms with E-state index in [9.17, 15) is 4.79 Å². The Morgan fingerprint density at radius 3 is 3.00 bits per heavy atom. The number of rotatable bonds is 2. The fourth-order valence-electron chi connectivity index (χ4n) is 1.53. The molecule has 1 aromatic rings. The molecular formula is C10H15N3O2S. The molecule has 0 aliphatic carbocycles. The average Bonchev–Trinajstić information content (AvgIpc) is 2.73. The fraction of sp³-hybridized carbons (Fsp3) is 0.600. The van der Waals surface area contributed by atoms with Gasteiger partial charge in [-0.05, 0) is 6.92 Å². The molecule has 1 N–H and O–H groups in total. The van der Waals surface area contributed by atoms with E-state index in [2.05, 4.69) is 10.3 Å². The Morgan fingerprint density at radius 1 is 1.62 bits per heavy atom. The number of aromatic nitrogens is 1. The molecule has 0 aromatic carbocycles. The second kappa shape index (κ2) is 5.27. The molecule has 0 radical (unpaired) electrons. The lowest BCUT2D eigenvalue weighted by atomic mass is 10.4. The van der Waals surface area contributed by atoms with Gasteiger partial charge in [0.2, 0.25) is 0 Å². The Balaban J connectivity index is 1.78. The van der Waals surface area contributed by atoms with Crippen LogP contribution in [-0.4, -0.2) is 42.2 Å². The number of nitrogens with zero attached hydrogens (tertiary/aromatic N) is 2. The number of carbonyl (C=O) groups excluding carboxylic acids is 1. The van der Waals surface area contributed by atoms with Gasteiger partial charge in [0.05, 0.1) is 30.5 Å². The summed E-state index contributed by atoms with van der Waals surface area (Å²) >= 11 is 1.60. The van der Waals surface area contributed by atoms with Crippen LogP contribution in [0.15, 0.2) is 5.38 Å². The summed E-state index contributed by atoms with van der Waals surface area (Å²) in [5, 5.41) is 5.85. The minimum absolute atomic E-state index is 0.0334. The Kier molecular flexibility index (Phi) is 3.74. The molecule has 0 saturated carbocycles. The minimum atomic E-state index is -0.0334. The number of nitrogens with one attached hydrogen (secondary N) is 1. The molecule has 1 saturated heterocycles. The van der Waals surface area contributed by atoms with Gasteiger partial charge in [0.15, 0.2) is 0 Å². The van der Waals surface area contributed by atoms with Gasteiger partial charge in [-0.2, -0.15) is 0 Å².